The van der Waals surface area contributed by atoms with Crippen molar-refractivity contribution in [1.82, 2.24) is 0 Å². The molecular weight excluding hydrogens is 412 g/mol. The van der Waals surface area contributed by atoms with Crippen molar-refractivity contribution in [3.05, 3.63) is 90.0 Å². The minimum Gasteiger partial charge on any atom is -0.508 e. The van der Waals surface area contributed by atoms with Gasteiger partial charge >= 0.3 is 0 Å². The van der Waals surface area contributed by atoms with Crippen LogP contribution < -0.4 is 0 Å². The van der Waals surface area contributed by atoms with E-state index in [1.165, 1.54) is 33.4 Å². The van der Waals surface area contributed by atoms with E-state index in [0.29, 0.717) is 18.0 Å². The van der Waals surface area contributed by atoms with Crippen LogP contribution in [0.3, 0.4) is 0 Å². The van der Waals surface area contributed by atoms with Crippen molar-refractivity contribution in [1.29, 1.82) is 0 Å². The number of epoxide rings is 2. The number of benzene rings is 4. The summed E-state index contributed by atoms with van der Waals surface area (Å²) in [5.74, 6) is 0.311. The Morgan fingerprint density at radius 2 is 1.39 bits per heavy atom. The highest BCUT2D eigenvalue weighted by molar-refractivity contribution is 5.91. The Labute approximate surface area is 193 Å². The molecule has 1 aliphatic carbocycles. The number of fused-ring (bicyclic) bond motifs is 4. The van der Waals surface area contributed by atoms with Gasteiger partial charge in [0.2, 0.25) is 0 Å². The maximum Gasteiger partial charge on any atom is 0.116 e. The third-order valence-corrected chi connectivity index (χ3v) is 6.40. The van der Waals surface area contributed by atoms with Crippen LogP contribution in [-0.2, 0) is 20.6 Å². The smallest absolute Gasteiger partial charge is 0.116 e. The van der Waals surface area contributed by atoms with Crippen molar-refractivity contribution >= 4 is 10.8 Å². The van der Waals surface area contributed by atoms with Gasteiger partial charge in [0, 0.05) is 0 Å². The van der Waals surface area contributed by atoms with E-state index < -0.39 is 0 Å². The van der Waals surface area contributed by atoms with Gasteiger partial charge in [0.15, 0.2) is 0 Å². The molecule has 2 saturated heterocycles. The Hall–Kier alpha value is -3.18. The second-order valence-electron chi connectivity index (χ2n) is 8.86. The van der Waals surface area contributed by atoms with Crippen LogP contribution in [0.25, 0.3) is 33.0 Å². The van der Waals surface area contributed by atoms with E-state index in [1.807, 2.05) is 12.1 Å². The summed E-state index contributed by atoms with van der Waals surface area (Å²) in [6.45, 7) is 3.26. The van der Waals surface area contributed by atoms with Gasteiger partial charge in [-0.15, -0.1) is 0 Å². The Morgan fingerprint density at radius 1 is 0.727 bits per heavy atom. The lowest BCUT2D eigenvalue weighted by Crippen LogP contribution is -2.06. The summed E-state index contributed by atoms with van der Waals surface area (Å²) in [4.78, 5) is 0. The van der Waals surface area contributed by atoms with E-state index in [4.69, 9.17) is 14.2 Å². The zero-order valence-corrected chi connectivity index (χ0v) is 18.4. The topological polar surface area (TPSA) is 54.5 Å². The van der Waals surface area contributed by atoms with Gasteiger partial charge in [-0.3, -0.25) is 0 Å². The van der Waals surface area contributed by atoms with Gasteiger partial charge < -0.3 is 19.3 Å². The molecule has 2 fully saturated rings. The van der Waals surface area contributed by atoms with Gasteiger partial charge in [-0.1, -0.05) is 60.7 Å². The molecule has 2 aliphatic heterocycles. The van der Waals surface area contributed by atoms with Crippen LogP contribution in [0.2, 0.25) is 0 Å². The average molecular weight is 439 g/mol. The van der Waals surface area contributed by atoms with Crippen molar-refractivity contribution in [2.24, 2.45) is 0 Å². The molecule has 0 aromatic heterocycles. The fraction of sp³-hybridized carbons (Fsp3) is 0.241. The first-order valence-corrected chi connectivity index (χ1v) is 11.5. The Kier molecular flexibility index (Phi) is 5.35. The van der Waals surface area contributed by atoms with E-state index >= 15 is 0 Å². The number of phenolic OH excluding ortho intramolecular Hbond substituents is 1. The zero-order valence-electron chi connectivity index (χ0n) is 18.4. The highest BCUT2D eigenvalue weighted by Crippen LogP contribution is 2.41. The molecule has 4 nitrogen and oxygen atoms in total. The summed E-state index contributed by atoms with van der Waals surface area (Å²) in [5.41, 5.74) is 8.08. The van der Waals surface area contributed by atoms with Crippen LogP contribution in [0.1, 0.15) is 11.1 Å². The second kappa shape index (κ2) is 8.64. The normalized spacial score (nSPS) is 19.4. The van der Waals surface area contributed by atoms with Crippen molar-refractivity contribution in [2.45, 2.75) is 18.6 Å². The third kappa shape index (κ3) is 4.51. The minimum atomic E-state index is 0.311. The first-order valence-electron chi connectivity index (χ1n) is 11.5. The van der Waals surface area contributed by atoms with Gasteiger partial charge in [0.05, 0.1) is 26.4 Å². The van der Waals surface area contributed by atoms with Crippen molar-refractivity contribution in [3.63, 3.8) is 0 Å². The lowest BCUT2D eigenvalue weighted by molar-refractivity contribution is 0.102. The van der Waals surface area contributed by atoms with Crippen LogP contribution in [0, 0.1) is 0 Å². The zero-order chi connectivity index (χ0) is 22.2. The predicted molar refractivity (Wildman–Crippen MR) is 130 cm³/mol. The number of hydrogen-bond acceptors (Lipinski definition) is 4. The average Bonchev–Trinajstić information content (AvgIpc) is 3.78. The molecule has 2 heterocycles. The summed E-state index contributed by atoms with van der Waals surface area (Å²) < 4.78 is 15.1. The minimum absolute atomic E-state index is 0.311. The van der Waals surface area contributed by atoms with Gasteiger partial charge in [0.1, 0.15) is 18.0 Å². The maximum atomic E-state index is 9.64. The van der Waals surface area contributed by atoms with Gasteiger partial charge in [-0.2, -0.15) is 0 Å². The monoisotopic (exact) mass is 438 g/mol. The molecule has 4 aromatic rings. The van der Waals surface area contributed by atoms with Crippen molar-refractivity contribution in [2.75, 3.05) is 26.4 Å². The first-order chi connectivity index (χ1) is 16.2. The standard InChI is InChI=1S/C23H16O.C6H10O3/c24-19-11-10-15-12-18(9-8-16(15)13-19)21-6-3-7-22-20-5-2-1-4-17(20)14-23(21)22;1(5-3-8-5)7-2-6-4-9-6/h1-13,24H,14H2;5-6H,1-4H2. The summed E-state index contributed by atoms with van der Waals surface area (Å²) in [6.07, 6.45) is 1.78. The molecule has 0 spiro atoms. The van der Waals surface area contributed by atoms with Crippen LogP contribution >= 0.6 is 0 Å². The molecule has 166 valence electrons. The van der Waals surface area contributed by atoms with Crippen molar-refractivity contribution < 1.29 is 19.3 Å². The molecule has 0 amide bonds. The highest BCUT2D eigenvalue weighted by atomic mass is 16.6. The molecule has 2 unspecified atom stereocenters. The fourth-order valence-electron chi connectivity index (χ4n) is 4.49. The van der Waals surface area contributed by atoms with E-state index in [0.717, 1.165) is 43.6 Å². The van der Waals surface area contributed by atoms with Gasteiger partial charge in [-0.25, -0.2) is 0 Å². The lowest BCUT2D eigenvalue weighted by Gasteiger charge is -2.10. The van der Waals surface area contributed by atoms with E-state index in [9.17, 15) is 5.11 Å². The third-order valence-electron chi connectivity index (χ3n) is 6.40. The lowest BCUT2D eigenvalue weighted by atomic mass is 9.94. The summed E-state index contributed by atoms with van der Waals surface area (Å²) >= 11 is 0. The molecule has 0 saturated carbocycles. The van der Waals surface area contributed by atoms with Crippen molar-refractivity contribution in [3.8, 4) is 28.0 Å². The number of rotatable bonds is 5. The number of ether oxygens (including phenoxy) is 3. The number of aromatic hydroxyl groups is 1. The van der Waals surface area contributed by atoms with E-state index in [1.54, 1.807) is 6.07 Å². The second-order valence-corrected chi connectivity index (χ2v) is 8.86. The van der Waals surface area contributed by atoms with Gasteiger partial charge in [0.25, 0.3) is 0 Å². The molecule has 33 heavy (non-hydrogen) atoms. The Balaban J connectivity index is 0.000000192. The molecule has 2 atom stereocenters. The Bertz CT molecular complexity index is 1290. The van der Waals surface area contributed by atoms with Gasteiger partial charge in [-0.05, 0) is 68.8 Å². The molecule has 4 heteroatoms. The molecule has 1 N–H and O–H groups in total. The molecule has 4 aromatic carbocycles. The molecule has 0 radical (unpaired) electrons. The molecule has 0 bridgehead atoms. The molecular formula is C29H26O4. The Morgan fingerprint density at radius 3 is 2.18 bits per heavy atom. The van der Waals surface area contributed by atoms with Crippen LogP contribution in [0.4, 0.5) is 0 Å². The summed E-state index contributed by atoms with van der Waals surface area (Å²) in [5, 5.41) is 11.9. The predicted octanol–water partition coefficient (Wildman–Crippen LogP) is 5.58. The molecule has 7 rings (SSSR count). The summed E-state index contributed by atoms with van der Waals surface area (Å²) in [7, 11) is 0. The fourth-order valence-corrected chi connectivity index (χ4v) is 4.49. The molecule has 3 aliphatic rings. The summed E-state index contributed by atoms with van der Waals surface area (Å²) in [6, 6.07) is 27.3. The van der Waals surface area contributed by atoms with E-state index in [-0.39, 0.29) is 0 Å². The van der Waals surface area contributed by atoms with Crippen LogP contribution in [-0.4, -0.2) is 43.7 Å². The first kappa shape index (κ1) is 20.4. The van der Waals surface area contributed by atoms with Crippen LogP contribution in [0.5, 0.6) is 5.75 Å². The quantitative estimate of drug-likeness (QED) is 0.364. The van der Waals surface area contributed by atoms with Crippen LogP contribution in [0.15, 0.2) is 78.9 Å². The highest BCUT2D eigenvalue weighted by Gasteiger charge is 2.26. The maximum absolute atomic E-state index is 9.64. The number of hydrogen-bond donors (Lipinski definition) is 1. The number of phenols is 1. The van der Waals surface area contributed by atoms with E-state index in [2.05, 4.69) is 60.7 Å². The SMILES string of the molecule is C(OCC1CO1)C1CO1.Oc1ccc2cc(-c3cccc4c3Cc3ccccc3-4)ccc2c1. The largest absolute Gasteiger partial charge is 0.508 e.